The van der Waals surface area contributed by atoms with E-state index in [-0.39, 0.29) is 0 Å². The summed E-state index contributed by atoms with van der Waals surface area (Å²) in [5, 5.41) is 4.56. The molecule has 1 aromatic rings. The van der Waals surface area contributed by atoms with Crippen LogP contribution in [0.5, 0.6) is 0 Å². The quantitative estimate of drug-likeness (QED) is 0.746. The molecule has 0 saturated carbocycles. The van der Waals surface area contributed by atoms with Gasteiger partial charge in [-0.25, -0.2) is 4.98 Å². The molecule has 1 aliphatic rings. The van der Waals surface area contributed by atoms with Crippen molar-refractivity contribution >= 4 is 16.5 Å². The van der Waals surface area contributed by atoms with Gasteiger partial charge in [-0.1, -0.05) is 13.8 Å². The molecule has 2 heterocycles. The second-order valence-corrected chi connectivity index (χ2v) is 6.78. The van der Waals surface area contributed by atoms with Crippen LogP contribution in [0.2, 0.25) is 0 Å². The average molecular weight is 313 g/mol. The fourth-order valence-electron chi connectivity index (χ4n) is 2.53. The third-order valence-corrected chi connectivity index (χ3v) is 4.91. The lowest BCUT2D eigenvalue weighted by molar-refractivity contribution is 0.121. The molecule has 0 spiro atoms. The molecule has 1 N–H and O–H groups in total. The molecule has 5 nitrogen and oxygen atoms in total. The van der Waals surface area contributed by atoms with Crippen LogP contribution in [-0.2, 0) is 16.0 Å². The average Bonchev–Trinajstić information content (AvgIpc) is 3.09. The number of aromatic nitrogens is 1. The number of nitrogens with zero attached hydrogens (tertiary/aromatic N) is 2. The highest BCUT2D eigenvalue weighted by Crippen LogP contribution is 2.32. The van der Waals surface area contributed by atoms with Gasteiger partial charge in [0.1, 0.15) is 0 Å². The van der Waals surface area contributed by atoms with Gasteiger partial charge >= 0.3 is 0 Å². The lowest BCUT2D eigenvalue weighted by atomic mass is 10.1. The highest BCUT2D eigenvalue weighted by molar-refractivity contribution is 7.15. The Morgan fingerprint density at radius 3 is 2.86 bits per heavy atom. The second kappa shape index (κ2) is 8.08. The summed E-state index contributed by atoms with van der Waals surface area (Å²) in [6, 6.07) is 0. The van der Waals surface area contributed by atoms with Crippen molar-refractivity contribution in [1.29, 1.82) is 0 Å². The maximum Gasteiger partial charge on any atom is 0.185 e. The van der Waals surface area contributed by atoms with E-state index >= 15 is 0 Å². The van der Waals surface area contributed by atoms with Crippen molar-refractivity contribution in [3.8, 4) is 0 Å². The first-order valence-electron chi connectivity index (χ1n) is 7.62. The van der Waals surface area contributed by atoms with Gasteiger partial charge in [0, 0.05) is 45.3 Å². The molecule has 1 aromatic heterocycles. The van der Waals surface area contributed by atoms with Gasteiger partial charge in [0.2, 0.25) is 0 Å². The van der Waals surface area contributed by atoms with E-state index in [1.165, 1.54) is 10.6 Å². The SMILES string of the molecule is COCCNCc1sc(N2CCC(OC)C2)nc1C(C)C. The third kappa shape index (κ3) is 4.39. The van der Waals surface area contributed by atoms with E-state index in [2.05, 4.69) is 24.1 Å². The summed E-state index contributed by atoms with van der Waals surface area (Å²) in [6.45, 7) is 8.90. The van der Waals surface area contributed by atoms with E-state index in [4.69, 9.17) is 14.5 Å². The Hall–Kier alpha value is -0.690. The fourth-order valence-corrected chi connectivity index (χ4v) is 3.75. The van der Waals surface area contributed by atoms with Crippen LogP contribution < -0.4 is 10.2 Å². The summed E-state index contributed by atoms with van der Waals surface area (Å²) in [5.74, 6) is 0.454. The standard InChI is InChI=1S/C15H27N3O2S/c1-11(2)14-13(9-16-6-8-19-3)21-15(17-14)18-7-5-12(10-18)20-4/h11-12,16H,5-10H2,1-4H3. The molecule has 0 aromatic carbocycles. The smallest absolute Gasteiger partial charge is 0.185 e. The summed E-state index contributed by atoms with van der Waals surface area (Å²) >= 11 is 1.81. The molecule has 0 amide bonds. The monoisotopic (exact) mass is 313 g/mol. The van der Waals surface area contributed by atoms with E-state index in [0.29, 0.717) is 12.0 Å². The van der Waals surface area contributed by atoms with E-state index < -0.39 is 0 Å². The Morgan fingerprint density at radius 2 is 2.24 bits per heavy atom. The normalized spacial score (nSPS) is 18.9. The number of methoxy groups -OCH3 is 2. The summed E-state index contributed by atoms with van der Waals surface area (Å²) in [5.41, 5.74) is 1.22. The molecular weight excluding hydrogens is 286 g/mol. The Labute approximate surface area is 131 Å². The molecule has 120 valence electrons. The first-order chi connectivity index (χ1) is 10.2. The van der Waals surface area contributed by atoms with Gasteiger partial charge in [-0.3, -0.25) is 0 Å². The molecule has 1 aliphatic heterocycles. The molecule has 0 aliphatic carbocycles. The first kappa shape index (κ1) is 16.7. The Balaban J connectivity index is 2.02. The number of hydrogen-bond donors (Lipinski definition) is 1. The van der Waals surface area contributed by atoms with Crippen LogP contribution in [0, 0.1) is 0 Å². The van der Waals surface area contributed by atoms with E-state index in [1.807, 2.05) is 11.3 Å². The van der Waals surface area contributed by atoms with Gasteiger partial charge in [-0.15, -0.1) is 11.3 Å². The maximum absolute atomic E-state index is 5.45. The van der Waals surface area contributed by atoms with Crippen molar-refractivity contribution in [2.24, 2.45) is 0 Å². The Kier molecular flexibility index (Phi) is 6.41. The van der Waals surface area contributed by atoms with E-state index in [1.54, 1.807) is 14.2 Å². The van der Waals surface area contributed by atoms with Gasteiger partial charge in [-0.2, -0.15) is 0 Å². The summed E-state index contributed by atoms with van der Waals surface area (Å²) < 4.78 is 10.5. The molecule has 1 atom stereocenters. The minimum absolute atomic E-state index is 0.347. The molecule has 2 rings (SSSR count). The number of thiazole rings is 1. The van der Waals surface area contributed by atoms with Crippen LogP contribution in [0.25, 0.3) is 0 Å². The fraction of sp³-hybridized carbons (Fsp3) is 0.800. The molecule has 1 saturated heterocycles. The second-order valence-electron chi connectivity index (χ2n) is 5.72. The van der Waals surface area contributed by atoms with E-state index in [9.17, 15) is 0 Å². The van der Waals surface area contributed by atoms with Gasteiger partial charge < -0.3 is 19.7 Å². The minimum Gasteiger partial charge on any atom is -0.383 e. The summed E-state index contributed by atoms with van der Waals surface area (Å²) in [7, 11) is 3.52. The van der Waals surface area contributed by atoms with Crippen molar-refractivity contribution < 1.29 is 9.47 Å². The number of hydrogen-bond acceptors (Lipinski definition) is 6. The number of anilines is 1. The predicted molar refractivity (Wildman–Crippen MR) is 87.4 cm³/mol. The minimum atomic E-state index is 0.347. The van der Waals surface area contributed by atoms with E-state index in [0.717, 1.165) is 44.3 Å². The van der Waals surface area contributed by atoms with Gasteiger partial charge in [0.25, 0.3) is 0 Å². The van der Waals surface area contributed by atoms with Gasteiger partial charge in [0.05, 0.1) is 18.4 Å². The first-order valence-corrected chi connectivity index (χ1v) is 8.44. The molecule has 0 radical (unpaired) electrons. The lowest BCUT2D eigenvalue weighted by Crippen LogP contribution is -2.21. The van der Waals surface area contributed by atoms with Gasteiger partial charge in [0.15, 0.2) is 5.13 Å². The van der Waals surface area contributed by atoms with Crippen molar-refractivity contribution in [2.75, 3.05) is 45.4 Å². The van der Waals surface area contributed by atoms with Crippen LogP contribution in [0.15, 0.2) is 0 Å². The van der Waals surface area contributed by atoms with Crippen LogP contribution in [-0.4, -0.2) is 51.5 Å². The molecule has 1 unspecified atom stereocenters. The highest BCUT2D eigenvalue weighted by Gasteiger charge is 2.26. The van der Waals surface area contributed by atoms with Crippen LogP contribution in [0.1, 0.15) is 36.8 Å². The lowest BCUT2D eigenvalue weighted by Gasteiger charge is -2.14. The van der Waals surface area contributed by atoms with Gasteiger partial charge in [-0.05, 0) is 12.3 Å². The topological polar surface area (TPSA) is 46.6 Å². The van der Waals surface area contributed by atoms with Crippen LogP contribution in [0.3, 0.4) is 0 Å². The molecule has 1 fully saturated rings. The molecule has 0 bridgehead atoms. The zero-order valence-corrected chi connectivity index (χ0v) is 14.3. The molecule has 6 heteroatoms. The van der Waals surface area contributed by atoms with Crippen molar-refractivity contribution in [2.45, 2.75) is 38.8 Å². The van der Waals surface area contributed by atoms with Crippen LogP contribution in [0.4, 0.5) is 5.13 Å². The number of nitrogens with one attached hydrogen (secondary N) is 1. The van der Waals surface area contributed by atoms with Crippen molar-refractivity contribution in [3.05, 3.63) is 10.6 Å². The zero-order chi connectivity index (χ0) is 15.2. The maximum atomic E-state index is 5.45. The van der Waals surface area contributed by atoms with Crippen molar-refractivity contribution in [1.82, 2.24) is 10.3 Å². The zero-order valence-electron chi connectivity index (χ0n) is 13.5. The molecule has 21 heavy (non-hydrogen) atoms. The largest absolute Gasteiger partial charge is 0.383 e. The van der Waals surface area contributed by atoms with Crippen molar-refractivity contribution in [3.63, 3.8) is 0 Å². The van der Waals surface area contributed by atoms with Crippen LogP contribution >= 0.6 is 11.3 Å². The predicted octanol–water partition coefficient (Wildman–Crippen LogP) is 2.23. The Bertz CT molecular complexity index is 437. The summed E-state index contributed by atoms with van der Waals surface area (Å²) in [4.78, 5) is 8.57. The number of rotatable bonds is 8. The molecular formula is C15H27N3O2S. The third-order valence-electron chi connectivity index (χ3n) is 3.78. The Morgan fingerprint density at radius 1 is 1.43 bits per heavy atom. The summed E-state index contributed by atoms with van der Waals surface area (Å²) in [6.07, 6.45) is 1.44. The number of ether oxygens (including phenoxy) is 2. The highest BCUT2D eigenvalue weighted by atomic mass is 32.1.